The zero-order chi connectivity index (χ0) is 14.4. The molecule has 0 saturated heterocycles. The van der Waals surface area contributed by atoms with Crippen LogP contribution >= 0.6 is 0 Å². The first-order valence-corrected chi connectivity index (χ1v) is 6.39. The third kappa shape index (κ3) is 3.01. The number of nitrogens with zero attached hydrogens (tertiary/aromatic N) is 2. The molecule has 0 atom stereocenters. The third-order valence-electron chi connectivity index (χ3n) is 3.04. The zero-order valence-corrected chi connectivity index (χ0v) is 11.4. The number of methoxy groups -OCH3 is 1. The van der Waals surface area contributed by atoms with E-state index in [-0.39, 0.29) is 0 Å². The molecule has 2 rings (SSSR count). The SMILES string of the molecule is COc1ccc(N(CCC#N)c2ccccc2)c(N)c1. The Kier molecular flexibility index (Phi) is 4.46. The van der Waals surface area contributed by atoms with E-state index in [1.807, 2.05) is 47.4 Å². The summed E-state index contributed by atoms with van der Waals surface area (Å²) in [5.74, 6) is 0.722. The van der Waals surface area contributed by atoms with Crippen LogP contribution in [0.2, 0.25) is 0 Å². The monoisotopic (exact) mass is 267 g/mol. The molecule has 0 unspecified atom stereocenters. The van der Waals surface area contributed by atoms with Gasteiger partial charge in [0.25, 0.3) is 0 Å². The molecule has 0 saturated carbocycles. The quantitative estimate of drug-likeness (QED) is 0.844. The molecule has 20 heavy (non-hydrogen) atoms. The van der Waals surface area contributed by atoms with Crippen LogP contribution in [-0.2, 0) is 0 Å². The Morgan fingerprint density at radius 2 is 1.95 bits per heavy atom. The molecule has 2 aromatic rings. The van der Waals surface area contributed by atoms with Crippen molar-refractivity contribution in [1.29, 1.82) is 5.26 Å². The van der Waals surface area contributed by atoms with Crippen LogP contribution in [0.1, 0.15) is 6.42 Å². The van der Waals surface area contributed by atoms with Gasteiger partial charge in [0.15, 0.2) is 0 Å². The van der Waals surface area contributed by atoms with E-state index in [4.69, 9.17) is 15.7 Å². The molecule has 0 heterocycles. The van der Waals surface area contributed by atoms with Gasteiger partial charge < -0.3 is 15.4 Å². The van der Waals surface area contributed by atoms with Crippen molar-refractivity contribution in [3.8, 4) is 11.8 Å². The molecule has 0 aliphatic heterocycles. The summed E-state index contributed by atoms with van der Waals surface area (Å²) in [5, 5.41) is 8.83. The lowest BCUT2D eigenvalue weighted by molar-refractivity contribution is 0.415. The fourth-order valence-corrected chi connectivity index (χ4v) is 2.06. The van der Waals surface area contributed by atoms with Gasteiger partial charge in [0.05, 0.1) is 31.0 Å². The molecule has 4 nitrogen and oxygen atoms in total. The first-order valence-electron chi connectivity index (χ1n) is 6.39. The lowest BCUT2D eigenvalue weighted by Crippen LogP contribution is -2.19. The minimum Gasteiger partial charge on any atom is -0.497 e. The van der Waals surface area contributed by atoms with Crippen LogP contribution in [0.3, 0.4) is 0 Å². The van der Waals surface area contributed by atoms with Gasteiger partial charge in [-0.25, -0.2) is 0 Å². The molecule has 2 N–H and O–H groups in total. The molecule has 0 radical (unpaired) electrons. The van der Waals surface area contributed by atoms with Gasteiger partial charge in [-0.3, -0.25) is 0 Å². The van der Waals surface area contributed by atoms with Crippen molar-refractivity contribution in [2.75, 3.05) is 24.3 Å². The van der Waals surface area contributed by atoms with Gasteiger partial charge in [0.2, 0.25) is 0 Å². The fraction of sp³-hybridized carbons (Fsp3) is 0.188. The van der Waals surface area contributed by atoms with E-state index in [2.05, 4.69) is 6.07 Å². The van der Waals surface area contributed by atoms with Crippen molar-refractivity contribution in [2.24, 2.45) is 0 Å². The average molecular weight is 267 g/mol. The highest BCUT2D eigenvalue weighted by molar-refractivity contribution is 5.76. The lowest BCUT2D eigenvalue weighted by atomic mass is 10.2. The number of ether oxygens (including phenoxy) is 1. The molecule has 0 fully saturated rings. The van der Waals surface area contributed by atoms with Gasteiger partial charge >= 0.3 is 0 Å². The van der Waals surface area contributed by atoms with Crippen LogP contribution in [-0.4, -0.2) is 13.7 Å². The van der Waals surface area contributed by atoms with Gasteiger partial charge in [-0.1, -0.05) is 18.2 Å². The van der Waals surface area contributed by atoms with E-state index in [9.17, 15) is 0 Å². The summed E-state index contributed by atoms with van der Waals surface area (Å²) < 4.78 is 5.17. The van der Waals surface area contributed by atoms with Crippen molar-refractivity contribution in [1.82, 2.24) is 0 Å². The first kappa shape index (κ1) is 13.8. The molecule has 102 valence electrons. The zero-order valence-electron chi connectivity index (χ0n) is 11.4. The average Bonchev–Trinajstić information content (AvgIpc) is 2.50. The minimum atomic E-state index is 0.431. The molecule has 0 amide bonds. The Morgan fingerprint density at radius 3 is 2.55 bits per heavy atom. The summed E-state index contributed by atoms with van der Waals surface area (Å²) >= 11 is 0. The van der Waals surface area contributed by atoms with E-state index in [1.54, 1.807) is 13.2 Å². The maximum atomic E-state index is 8.83. The Hall–Kier alpha value is -2.67. The Balaban J connectivity index is 2.39. The number of hydrogen-bond acceptors (Lipinski definition) is 4. The Bertz CT molecular complexity index is 605. The van der Waals surface area contributed by atoms with E-state index < -0.39 is 0 Å². The normalized spacial score (nSPS) is 9.80. The molecule has 0 aliphatic rings. The smallest absolute Gasteiger partial charge is 0.121 e. The Morgan fingerprint density at radius 1 is 1.20 bits per heavy atom. The van der Waals surface area contributed by atoms with Gasteiger partial charge in [0.1, 0.15) is 5.75 Å². The summed E-state index contributed by atoms with van der Waals surface area (Å²) in [7, 11) is 1.61. The number of benzene rings is 2. The van der Waals surface area contributed by atoms with Crippen molar-refractivity contribution < 1.29 is 4.74 Å². The summed E-state index contributed by atoms with van der Waals surface area (Å²) in [4.78, 5) is 2.04. The number of rotatable bonds is 5. The van der Waals surface area contributed by atoms with E-state index in [0.717, 1.165) is 17.1 Å². The number of nitrogen functional groups attached to an aromatic ring is 1. The van der Waals surface area contributed by atoms with E-state index >= 15 is 0 Å². The first-order chi connectivity index (χ1) is 9.76. The highest BCUT2D eigenvalue weighted by Gasteiger charge is 2.12. The Labute approximate surface area is 119 Å². The number of para-hydroxylation sites is 1. The molecule has 0 aliphatic carbocycles. The number of nitrogens with two attached hydrogens (primary N) is 1. The molecule has 0 spiro atoms. The van der Waals surface area contributed by atoms with Gasteiger partial charge in [-0.05, 0) is 24.3 Å². The number of hydrogen-bond donors (Lipinski definition) is 1. The molecule has 2 aromatic carbocycles. The van der Waals surface area contributed by atoms with Crippen molar-refractivity contribution in [3.63, 3.8) is 0 Å². The topological polar surface area (TPSA) is 62.3 Å². The van der Waals surface area contributed by atoms with Gasteiger partial charge in [-0.15, -0.1) is 0 Å². The van der Waals surface area contributed by atoms with Crippen LogP contribution in [0.15, 0.2) is 48.5 Å². The van der Waals surface area contributed by atoms with E-state index in [1.165, 1.54) is 0 Å². The summed E-state index contributed by atoms with van der Waals surface area (Å²) in [6, 6.07) is 17.6. The molecule has 0 aromatic heterocycles. The van der Waals surface area contributed by atoms with Crippen molar-refractivity contribution in [2.45, 2.75) is 6.42 Å². The summed E-state index contributed by atoms with van der Waals surface area (Å²) in [6.45, 7) is 0.594. The van der Waals surface area contributed by atoms with Crippen LogP contribution < -0.4 is 15.4 Å². The minimum absolute atomic E-state index is 0.431. The predicted octanol–water partition coefficient (Wildman–Crippen LogP) is 3.33. The second-order valence-corrected chi connectivity index (χ2v) is 4.32. The highest BCUT2D eigenvalue weighted by atomic mass is 16.5. The lowest BCUT2D eigenvalue weighted by Gasteiger charge is -2.25. The third-order valence-corrected chi connectivity index (χ3v) is 3.04. The van der Waals surface area contributed by atoms with Gasteiger partial charge in [0, 0.05) is 18.3 Å². The summed E-state index contributed by atoms with van der Waals surface area (Å²) in [5.41, 5.74) is 8.63. The van der Waals surface area contributed by atoms with Crippen LogP contribution in [0.4, 0.5) is 17.1 Å². The second-order valence-electron chi connectivity index (χ2n) is 4.32. The van der Waals surface area contributed by atoms with E-state index in [0.29, 0.717) is 18.7 Å². The van der Waals surface area contributed by atoms with Crippen LogP contribution in [0.25, 0.3) is 0 Å². The number of anilines is 3. The molecule has 0 bridgehead atoms. The largest absolute Gasteiger partial charge is 0.497 e. The predicted molar refractivity (Wildman–Crippen MR) is 81.1 cm³/mol. The molecular formula is C16H17N3O. The maximum absolute atomic E-state index is 8.83. The maximum Gasteiger partial charge on any atom is 0.121 e. The second kappa shape index (κ2) is 6.48. The standard InChI is InChI=1S/C16H17N3O/c1-20-14-8-9-16(15(18)12-14)19(11-5-10-17)13-6-3-2-4-7-13/h2-4,6-9,12H,5,11,18H2,1H3. The molecule has 4 heteroatoms. The molecular weight excluding hydrogens is 250 g/mol. The van der Waals surface area contributed by atoms with Crippen molar-refractivity contribution in [3.05, 3.63) is 48.5 Å². The van der Waals surface area contributed by atoms with Crippen LogP contribution in [0, 0.1) is 11.3 Å². The summed E-state index contributed by atoms with van der Waals surface area (Å²) in [6.07, 6.45) is 0.431. The van der Waals surface area contributed by atoms with Gasteiger partial charge in [-0.2, -0.15) is 5.26 Å². The number of nitriles is 1. The highest BCUT2D eigenvalue weighted by Crippen LogP contribution is 2.32. The van der Waals surface area contributed by atoms with Crippen molar-refractivity contribution >= 4 is 17.1 Å². The fourth-order valence-electron chi connectivity index (χ4n) is 2.06. The van der Waals surface area contributed by atoms with Crippen LogP contribution in [0.5, 0.6) is 5.75 Å².